The van der Waals surface area contributed by atoms with Crippen LogP contribution in [0.1, 0.15) is 25.3 Å². The molecule has 1 aromatic rings. The van der Waals surface area contributed by atoms with Crippen LogP contribution in [0.2, 0.25) is 0 Å². The normalized spacial score (nSPS) is 17.2. The van der Waals surface area contributed by atoms with E-state index in [1.165, 1.54) is 12.1 Å². The maximum atomic E-state index is 13.5. The van der Waals surface area contributed by atoms with Crippen LogP contribution in [0.25, 0.3) is 0 Å². The molecule has 1 unspecified atom stereocenters. The summed E-state index contributed by atoms with van der Waals surface area (Å²) in [5, 5.41) is 0. The highest BCUT2D eigenvalue weighted by atomic mass is 35.5. The summed E-state index contributed by atoms with van der Waals surface area (Å²) in [6.45, 7) is 3.26. The van der Waals surface area contributed by atoms with E-state index in [0.29, 0.717) is 19.0 Å². The molecule has 0 radical (unpaired) electrons. The standard InChI is InChI=1S/C15H20F2N2O.ClH/c1-10(18)11-5-7-19(8-6-11)14(20)9-12-3-2-4-13(16)15(12)17;/h2-4,10-11H,5-9,18H2,1H3;1H. The minimum atomic E-state index is -0.925. The van der Waals surface area contributed by atoms with Crippen molar-refractivity contribution in [2.24, 2.45) is 11.7 Å². The number of amides is 1. The van der Waals surface area contributed by atoms with Crippen LogP contribution in [0.5, 0.6) is 0 Å². The Bertz CT molecular complexity index is 489. The fourth-order valence-electron chi connectivity index (χ4n) is 2.63. The quantitative estimate of drug-likeness (QED) is 0.931. The lowest BCUT2D eigenvalue weighted by Gasteiger charge is -2.33. The van der Waals surface area contributed by atoms with Crippen LogP contribution in [0, 0.1) is 17.6 Å². The van der Waals surface area contributed by atoms with Gasteiger partial charge in [0.1, 0.15) is 0 Å². The summed E-state index contributed by atoms with van der Waals surface area (Å²) in [6, 6.07) is 4.05. The summed E-state index contributed by atoms with van der Waals surface area (Å²) < 4.78 is 26.6. The van der Waals surface area contributed by atoms with Crippen LogP contribution in [-0.4, -0.2) is 29.9 Å². The molecule has 6 heteroatoms. The van der Waals surface area contributed by atoms with Crippen molar-refractivity contribution in [3.8, 4) is 0 Å². The topological polar surface area (TPSA) is 46.3 Å². The average Bonchev–Trinajstić information content (AvgIpc) is 2.44. The molecule has 2 N–H and O–H groups in total. The molecule has 1 heterocycles. The Labute approximate surface area is 129 Å². The molecular formula is C15H21ClF2N2O. The average molecular weight is 319 g/mol. The van der Waals surface area contributed by atoms with E-state index in [9.17, 15) is 13.6 Å². The van der Waals surface area contributed by atoms with Crippen LogP contribution in [0.15, 0.2) is 18.2 Å². The molecule has 1 aliphatic rings. The van der Waals surface area contributed by atoms with Crippen molar-refractivity contribution < 1.29 is 13.6 Å². The third-order valence-electron chi connectivity index (χ3n) is 4.01. The largest absolute Gasteiger partial charge is 0.342 e. The van der Waals surface area contributed by atoms with Gasteiger partial charge in [-0.3, -0.25) is 4.79 Å². The Morgan fingerprint density at radius 2 is 2.00 bits per heavy atom. The molecule has 2 rings (SSSR count). The van der Waals surface area contributed by atoms with Crippen molar-refractivity contribution in [3.05, 3.63) is 35.4 Å². The van der Waals surface area contributed by atoms with Gasteiger partial charge in [-0.2, -0.15) is 0 Å². The van der Waals surface area contributed by atoms with Crippen molar-refractivity contribution in [3.63, 3.8) is 0 Å². The Morgan fingerprint density at radius 3 is 2.57 bits per heavy atom. The van der Waals surface area contributed by atoms with Crippen LogP contribution in [0.3, 0.4) is 0 Å². The van der Waals surface area contributed by atoms with Crippen molar-refractivity contribution in [1.29, 1.82) is 0 Å². The van der Waals surface area contributed by atoms with Gasteiger partial charge in [-0.05, 0) is 31.7 Å². The number of nitrogens with two attached hydrogens (primary N) is 1. The van der Waals surface area contributed by atoms with Crippen LogP contribution in [-0.2, 0) is 11.2 Å². The predicted molar refractivity (Wildman–Crippen MR) is 80.3 cm³/mol. The van der Waals surface area contributed by atoms with E-state index in [1.54, 1.807) is 4.90 Å². The molecule has 1 aliphatic heterocycles. The summed E-state index contributed by atoms with van der Waals surface area (Å²) >= 11 is 0. The third-order valence-corrected chi connectivity index (χ3v) is 4.01. The van der Waals surface area contributed by atoms with Gasteiger partial charge in [0.15, 0.2) is 11.6 Å². The molecule has 0 aliphatic carbocycles. The minimum absolute atomic E-state index is 0. The zero-order valence-corrected chi connectivity index (χ0v) is 12.8. The highest BCUT2D eigenvalue weighted by molar-refractivity contribution is 5.85. The van der Waals surface area contributed by atoms with E-state index in [4.69, 9.17) is 5.73 Å². The summed E-state index contributed by atoms with van der Waals surface area (Å²) in [6.07, 6.45) is 1.65. The molecule has 3 nitrogen and oxygen atoms in total. The fourth-order valence-corrected chi connectivity index (χ4v) is 2.63. The molecule has 0 spiro atoms. The first-order valence-electron chi connectivity index (χ1n) is 6.95. The molecule has 1 fully saturated rings. The number of nitrogens with zero attached hydrogens (tertiary/aromatic N) is 1. The predicted octanol–water partition coefficient (Wildman–Crippen LogP) is 2.51. The maximum Gasteiger partial charge on any atom is 0.227 e. The number of hydrogen-bond donors (Lipinski definition) is 1. The van der Waals surface area contributed by atoms with Crippen molar-refractivity contribution in [2.45, 2.75) is 32.2 Å². The molecule has 21 heavy (non-hydrogen) atoms. The van der Waals surface area contributed by atoms with E-state index < -0.39 is 11.6 Å². The number of hydrogen-bond acceptors (Lipinski definition) is 2. The summed E-state index contributed by atoms with van der Waals surface area (Å²) in [5.74, 6) is -1.56. The number of likely N-dealkylation sites (tertiary alicyclic amines) is 1. The van der Waals surface area contributed by atoms with Crippen molar-refractivity contribution >= 4 is 18.3 Å². The maximum absolute atomic E-state index is 13.5. The van der Waals surface area contributed by atoms with E-state index in [-0.39, 0.29) is 36.3 Å². The number of halogens is 3. The van der Waals surface area contributed by atoms with Gasteiger partial charge in [-0.15, -0.1) is 12.4 Å². The fraction of sp³-hybridized carbons (Fsp3) is 0.533. The highest BCUT2D eigenvalue weighted by Gasteiger charge is 2.25. The first kappa shape index (κ1) is 17.9. The second-order valence-electron chi connectivity index (χ2n) is 5.47. The van der Waals surface area contributed by atoms with Crippen molar-refractivity contribution in [2.75, 3.05) is 13.1 Å². The van der Waals surface area contributed by atoms with Gasteiger partial charge in [-0.1, -0.05) is 12.1 Å². The van der Waals surface area contributed by atoms with E-state index in [1.807, 2.05) is 6.92 Å². The van der Waals surface area contributed by atoms with Gasteiger partial charge in [0.2, 0.25) is 5.91 Å². The molecule has 0 saturated carbocycles. The summed E-state index contributed by atoms with van der Waals surface area (Å²) in [7, 11) is 0. The van der Waals surface area contributed by atoms with E-state index in [0.717, 1.165) is 18.9 Å². The van der Waals surface area contributed by atoms with Gasteiger partial charge in [0.25, 0.3) is 0 Å². The highest BCUT2D eigenvalue weighted by Crippen LogP contribution is 2.21. The molecule has 0 aromatic heterocycles. The zero-order valence-electron chi connectivity index (χ0n) is 12.0. The minimum Gasteiger partial charge on any atom is -0.342 e. The molecule has 0 bridgehead atoms. The van der Waals surface area contributed by atoms with Gasteiger partial charge >= 0.3 is 0 Å². The number of carbonyl (C=O) groups excluding carboxylic acids is 1. The van der Waals surface area contributed by atoms with Crippen LogP contribution in [0.4, 0.5) is 8.78 Å². The Balaban J connectivity index is 0.00000220. The van der Waals surface area contributed by atoms with Gasteiger partial charge < -0.3 is 10.6 Å². The molecular weight excluding hydrogens is 298 g/mol. The Morgan fingerprint density at radius 1 is 1.38 bits per heavy atom. The summed E-state index contributed by atoms with van der Waals surface area (Å²) in [5.41, 5.74) is 5.97. The lowest BCUT2D eigenvalue weighted by molar-refractivity contribution is -0.132. The monoisotopic (exact) mass is 318 g/mol. The van der Waals surface area contributed by atoms with Gasteiger partial charge in [-0.25, -0.2) is 8.78 Å². The smallest absolute Gasteiger partial charge is 0.227 e. The van der Waals surface area contributed by atoms with Crippen molar-refractivity contribution in [1.82, 2.24) is 4.90 Å². The molecule has 1 saturated heterocycles. The van der Waals surface area contributed by atoms with Gasteiger partial charge in [0, 0.05) is 24.7 Å². The Kier molecular flexibility index (Phi) is 6.55. The SMILES string of the molecule is CC(N)C1CCN(C(=O)Cc2cccc(F)c2F)CC1.Cl. The summed E-state index contributed by atoms with van der Waals surface area (Å²) in [4.78, 5) is 13.8. The van der Waals surface area contributed by atoms with Crippen LogP contribution >= 0.6 is 12.4 Å². The number of benzene rings is 1. The first-order valence-corrected chi connectivity index (χ1v) is 6.95. The molecule has 1 aromatic carbocycles. The lowest BCUT2D eigenvalue weighted by Crippen LogP contribution is -2.43. The Hall–Kier alpha value is -1.20. The molecule has 1 atom stereocenters. The number of rotatable bonds is 3. The van der Waals surface area contributed by atoms with Gasteiger partial charge in [0.05, 0.1) is 6.42 Å². The van der Waals surface area contributed by atoms with E-state index in [2.05, 4.69) is 0 Å². The third kappa shape index (κ3) is 4.38. The zero-order chi connectivity index (χ0) is 14.7. The molecule has 1 amide bonds. The molecule has 118 valence electrons. The lowest BCUT2D eigenvalue weighted by atomic mass is 9.91. The first-order chi connectivity index (χ1) is 9.49. The number of piperidine rings is 1. The van der Waals surface area contributed by atoms with Crippen LogP contribution < -0.4 is 5.73 Å². The second kappa shape index (κ2) is 7.71. The second-order valence-corrected chi connectivity index (χ2v) is 5.47. The van der Waals surface area contributed by atoms with E-state index >= 15 is 0 Å². The number of carbonyl (C=O) groups is 1.